The molecule has 0 bridgehead atoms. The molecule has 1 atom stereocenters. The molecule has 1 amide bonds. The van der Waals surface area contributed by atoms with Crippen molar-refractivity contribution in [3.63, 3.8) is 0 Å². The zero-order chi connectivity index (χ0) is 15.2. The lowest BCUT2D eigenvalue weighted by molar-refractivity contribution is 0.0930. The zero-order valence-corrected chi connectivity index (χ0v) is 12.0. The minimum absolute atomic E-state index is 0.118. The summed E-state index contributed by atoms with van der Waals surface area (Å²) in [5, 5.41) is 15.6. The van der Waals surface area contributed by atoms with Crippen molar-refractivity contribution < 1.29 is 9.90 Å². The first-order valence-electron chi connectivity index (χ1n) is 6.60. The van der Waals surface area contributed by atoms with Gasteiger partial charge in [0.25, 0.3) is 5.91 Å². The first-order chi connectivity index (χ1) is 10.1. The lowest BCUT2D eigenvalue weighted by Gasteiger charge is -2.14. The van der Waals surface area contributed by atoms with Crippen molar-refractivity contribution in [2.45, 2.75) is 13.0 Å². The van der Waals surface area contributed by atoms with Gasteiger partial charge in [-0.2, -0.15) is 5.10 Å². The maximum atomic E-state index is 12.1. The van der Waals surface area contributed by atoms with Crippen LogP contribution in [0.1, 0.15) is 34.6 Å². The molecular formula is C16H17N3O2. The lowest BCUT2D eigenvalue weighted by atomic mass is 10.1. The fourth-order valence-electron chi connectivity index (χ4n) is 1.95. The van der Waals surface area contributed by atoms with Crippen molar-refractivity contribution in [3.8, 4) is 11.8 Å². The summed E-state index contributed by atoms with van der Waals surface area (Å²) >= 11 is 0. The molecule has 1 unspecified atom stereocenters. The maximum Gasteiger partial charge on any atom is 0.270 e. The standard InChI is InChI=1S/C16H17N3O2/c1-12(18-16(21)15-9-10-17-19(15)2)14-7-5-13(6-8-14)4-3-11-20/h5-10,12,20H,11H2,1-2H3,(H,18,21). The number of amides is 1. The number of hydrogen-bond donors (Lipinski definition) is 2. The summed E-state index contributed by atoms with van der Waals surface area (Å²) in [6.07, 6.45) is 1.59. The zero-order valence-electron chi connectivity index (χ0n) is 12.0. The molecule has 0 saturated carbocycles. The molecule has 108 valence electrons. The topological polar surface area (TPSA) is 67.2 Å². The van der Waals surface area contributed by atoms with Crippen LogP contribution in [0.4, 0.5) is 0 Å². The van der Waals surface area contributed by atoms with Crippen LogP contribution in [-0.2, 0) is 7.05 Å². The van der Waals surface area contributed by atoms with Gasteiger partial charge in [0, 0.05) is 18.8 Å². The first kappa shape index (κ1) is 14.8. The molecule has 0 saturated heterocycles. The number of carbonyl (C=O) groups is 1. The Kier molecular flexibility index (Phi) is 4.75. The predicted octanol–water partition coefficient (Wildman–Crippen LogP) is 1.25. The van der Waals surface area contributed by atoms with Gasteiger partial charge in [-0.3, -0.25) is 9.48 Å². The third kappa shape index (κ3) is 3.71. The van der Waals surface area contributed by atoms with E-state index >= 15 is 0 Å². The fourth-order valence-corrected chi connectivity index (χ4v) is 1.95. The van der Waals surface area contributed by atoms with Crippen LogP contribution in [0.3, 0.4) is 0 Å². The average Bonchev–Trinajstić information content (AvgIpc) is 2.91. The van der Waals surface area contributed by atoms with Crippen molar-refractivity contribution in [1.29, 1.82) is 0 Å². The number of aromatic nitrogens is 2. The molecule has 0 fully saturated rings. The summed E-state index contributed by atoms with van der Waals surface area (Å²) in [7, 11) is 1.73. The predicted molar refractivity (Wildman–Crippen MR) is 79.5 cm³/mol. The van der Waals surface area contributed by atoms with Crippen LogP contribution in [0.15, 0.2) is 36.5 Å². The van der Waals surface area contributed by atoms with E-state index in [0.717, 1.165) is 11.1 Å². The van der Waals surface area contributed by atoms with E-state index in [-0.39, 0.29) is 18.6 Å². The van der Waals surface area contributed by atoms with Crippen molar-refractivity contribution >= 4 is 5.91 Å². The number of aryl methyl sites for hydroxylation is 1. The SMILES string of the molecule is CC(NC(=O)c1ccnn1C)c1ccc(C#CCO)cc1. The molecular weight excluding hydrogens is 266 g/mol. The molecule has 2 N–H and O–H groups in total. The van der Waals surface area contributed by atoms with Gasteiger partial charge < -0.3 is 10.4 Å². The van der Waals surface area contributed by atoms with Gasteiger partial charge in [-0.15, -0.1) is 0 Å². The summed E-state index contributed by atoms with van der Waals surface area (Å²) in [6.45, 7) is 1.77. The highest BCUT2D eigenvalue weighted by molar-refractivity contribution is 5.92. The second kappa shape index (κ2) is 6.73. The molecule has 5 heteroatoms. The molecule has 0 aliphatic carbocycles. The number of carbonyl (C=O) groups excluding carboxylic acids is 1. The lowest BCUT2D eigenvalue weighted by Crippen LogP contribution is -2.28. The van der Waals surface area contributed by atoms with Crippen molar-refractivity contribution in [3.05, 3.63) is 53.3 Å². The van der Waals surface area contributed by atoms with Gasteiger partial charge in [0.05, 0.1) is 6.04 Å². The molecule has 0 radical (unpaired) electrons. The van der Waals surface area contributed by atoms with E-state index in [2.05, 4.69) is 22.3 Å². The second-order valence-corrected chi connectivity index (χ2v) is 4.62. The average molecular weight is 283 g/mol. The monoisotopic (exact) mass is 283 g/mol. The van der Waals surface area contributed by atoms with Crippen LogP contribution in [0.5, 0.6) is 0 Å². The van der Waals surface area contributed by atoms with Gasteiger partial charge in [0.1, 0.15) is 12.3 Å². The second-order valence-electron chi connectivity index (χ2n) is 4.62. The van der Waals surface area contributed by atoms with E-state index in [4.69, 9.17) is 5.11 Å². The van der Waals surface area contributed by atoms with Crippen molar-refractivity contribution in [2.24, 2.45) is 7.05 Å². The van der Waals surface area contributed by atoms with Gasteiger partial charge in [-0.05, 0) is 30.7 Å². The third-order valence-corrected chi connectivity index (χ3v) is 3.12. The van der Waals surface area contributed by atoms with E-state index in [1.54, 1.807) is 19.3 Å². The van der Waals surface area contributed by atoms with Crippen LogP contribution in [0, 0.1) is 11.8 Å². The molecule has 2 aromatic rings. The van der Waals surface area contributed by atoms with Gasteiger partial charge in [-0.25, -0.2) is 0 Å². The van der Waals surface area contributed by atoms with E-state index in [0.29, 0.717) is 5.69 Å². The molecule has 2 rings (SSSR count). The molecule has 0 aliphatic rings. The van der Waals surface area contributed by atoms with Crippen LogP contribution >= 0.6 is 0 Å². The van der Waals surface area contributed by atoms with E-state index in [1.165, 1.54) is 4.68 Å². The Labute approximate surface area is 123 Å². The van der Waals surface area contributed by atoms with Crippen LogP contribution < -0.4 is 5.32 Å². The summed E-state index contributed by atoms with van der Waals surface area (Å²) in [5.41, 5.74) is 2.34. The van der Waals surface area contributed by atoms with Gasteiger partial charge in [-0.1, -0.05) is 24.0 Å². The Bertz CT molecular complexity index is 678. The number of aliphatic hydroxyl groups excluding tert-OH is 1. The molecule has 1 aromatic heterocycles. The number of nitrogens with one attached hydrogen (secondary N) is 1. The summed E-state index contributed by atoms with van der Waals surface area (Å²) in [6, 6.07) is 9.11. The highest BCUT2D eigenvalue weighted by atomic mass is 16.2. The highest BCUT2D eigenvalue weighted by Crippen LogP contribution is 2.14. The number of aliphatic hydroxyl groups is 1. The minimum atomic E-state index is -0.161. The van der Waals surface area contributed by atoms with E-state index < -0.39 is 0 Å². The van der Waals surface area contributed by atoms with Gasteiger partial charge in [0.2, 0.25) is 0 Å². The molecule has 0 aliphatic heterocycles. The number of rotatable bonds is 3. The Morgan fingerprint density at radius 2 is 2.10 bits per heavy atom. The maximum absolute atomic E-state index is 12.1. The van der Waals surface area contributed by atoms with Crippen LogP contribution in [0.2, 0.25) is 0 Å². The van der Waals surface area contributed by atoms with Crippen LogP contribution in [-0.4, -0.2) is 27.4 Å². The first-order valence-corrected chi connectivity index (χ1v) is 6.60. The van der Waals surface area contributed by atoms with Gasteiger partial charge >= 0.3 is 0 Å². The van der Waals surface area contributed by atoms with E-state index in [1.807, 2.05) is 31.2 Å². The highest BCUT2D eigenvalue weighted by Gasteiger charge is 2.13. The molecule has 21 heavy (non-hydrogen) atoms. The molecule has 1 heterocycles. The number of benzene rings is 1. The Hall–Kier alpha value is -2.58. The van der Waals surface area contributed by atoms with Gasteiger partial charge in [0.15, 0.2) is 0 Å². The number of nitrogens with zero attached hydrogens (tertiary/aromatic N) is 2. The summed E-state index contributed by atoms with van der Waals surface area (Å²) in [5.74, 6) is 5.27. The Balaban J connectivity index is 2.05. The van der Waals surface area contributed by atoms with Crippen molar-refractivity contribution in [2.75, 3.05) is 6.61 Å². The summed E-state index contributed by atoms with van der Waals surface area (Å²) in [4.78, 5) is 12.1. The Morgan fingerprint density at radius 1 is 1.38 bits per heavy atom. The largest absolute Gasteiger partial charge is 0.384 e. The molecule has 5 nitrogen and oxygen atoms in total. The van der Waals surface area contributed by atoms with Crippen LogP contribution in [0.25, 0.3) is 0 Å². The number of hydrogen-bond acceptors (Lipinski definition) is 3. The smallest absolute Gasteiger partial charge is 0.270 e. The normalized spacial score (nSPS) is 11.4. The van der Waals surface area contributed by atoms with E-state index in [9.17, 15) is 4.79 Å². The minimum Gasteiger partial charge on any atom is -0.384 e. The van der Waals surface area contributed by atoms with Crippen molar-refractivity contribution in [1.82, 2.24) is 15.1 Å². The summed E-state index contributed by atoms with van der Waals surface area (Å²) < 4.78 is 1.54. The molecule has 0 spiro atoms. The third-order valence-electron chi connectivity index (χ3n) is 3.12. The quantitative estimate of drug-likeness (QED) is 0.833. The fraction of sp³-hybridized carbons (Fsp3) is 0.250. The molecule has 1 aromatic carbocycles. The Morgan fingerprint density at radius 3 is 2.67 bits per heavy atom.